The fourth-order valence-corrected chi connectivity index (χ4v) is 4.70. The number of ether oxygens (including phenoxy) is 1. The first-order chi connectivity index (χ1) is 13.0. The van der Waals surface area contributed by atoms with Crippen LogP contribution in [0.25, 0.3) is 0 Å². The minimum atomic E-state index is -0.465. The van der Waals surface area contributed by atoms with E-state index in [4.69, 9.17) is 10.5 Å². The minimum absolute atomic E-state index is 0.147. The molecule has 2 aromatic rings. The Balaban J connectivity index is 1.58. The second kappa shape index (κ2) is 8.54. The number of anilines is 1. The molecule has 1 heterocycles. The normalized spacial score (nSPS) is 12.9. The van der Waals surface area contributed by atoms with Crippen molar-refractivity contribution in [2.24, 2.45) is 5.73 Å². The van der Waals surface area contributed by atoms with Gasteiger partial charge in [-0.25, -0.2) is 0 Å². The van der Waals surface area contributed by atoms with E-state index in [1.807, 2.05) is 43.1 Å². The summed E-state index contributed by atoms with van der Waals surface area (Å²) >= 11 is 1.48. The fourth-order valence-electron chi connectivity index (χ4n) is 3.39. The molecule has 7 heteroatoms. The van der Waals surface area contributed by atoms with Crippen molar-refractivity contribution in [2.45, 2.75) is 32.7 Å². The highest BCUT2D eigenvalue weighted by Crippen LogP contribution is 2.38. The second-order valence-electron chi connectivity index (χ2n) is 6.72. The number of amides is 2. The molecule has 0 saturated carbocycles. The van der Waals surface area contributed by atoms with Crippen molar-refractivity contribution in [1.29, 1.82) is 0 Å². The van der Waals surface area contributed by atoms with Crippen LogP contribution in [-0.4, -0.2) is 36.9 Å². The van der Waals surface area contributed by atoms with Gasteiger partial charge in [0.15, 0.2) is 0 Å². The molecule has 0 radical (unpaired) electrons. The van der Waals surface area contributed by atoms with Gasteiger partial charge in [0.05, 0.1) is 18.7 Å². The zero-order chi connectivity index (χ0) is 19.4. The Bertz CT molecular complexity index is 830. The number of benzene rings is 1. The van der Waals surface area contributed by atoms with E-state index >= 15 is 0 Å². The molecule has 3 N–H and O–H groups in total. The lowest BCUT2D eigenvalue weighted by Gasteiger charge is -2.16. The van der Waals surface area contributed by atoms with E-state index in [0.29, 0.717) is 23.7 Å². The zero-order valence-corrected chi connectivity index (χ0v) is 16.5. The number of primary amides is 1. The smallest absolute Gasteiger partial charge is 0.251 e. The minimum Gasteiger partial charge on any atom is -0.494 e. The number of fused-ring (bicyclic) bond motifs is 1. The van der Waals surface area contributed by atoms with E-state index in [9.17, 15) is 9.59 Å². The van der Waals surface area contributed by atoms with Crippen molar-refractivity contribution in [3.8, 4) is 5.75 Å². The molecule has 1 aromatic heterocycles. The van der Waals surface area contributed by atoms with E-state index in [2.05, 4.69) is 5.32 Å². The molecule has 3 rings (SSSR count). The maximum atomic E-state index is 12.4. The number of rotatable bonds is 8. The number of carbonyl (C=O) groups excluding carboxylic acids is 2. The third kappa shape index (κ3) is 4.67. The number of hydrogen-bond donors (Lipinski definition) is 2. The van der Waals surface area contributed by atoms with Gasteiger partial charge >= 0.3 is 0 Å². The predicted octanol–water partition coefficient (Wildman–Crippen LogP) is 2.80. The first-order valence-electron chi connectivity index (χ1n) is 9.12. The molecule has 0 unspecified atom stereocenters. The second-order valence-corrected chi connectivity index (χ2v) is 7.83. The quantitative estimate of drug-likeness (QED) is 0.729. The summed E-state index contributed by atoms with van der Waals surface area (Å²) in [5.74, 6) is 0.227. The standard InChI is InChI=1S/C20H25N3O3S/c1-3-26-14-9-7-13(8-10-14)11-23(2)12-17(24)22-20-18(19(21)25)15-5-4-6-16(15)27-20/h7-10H,3-6,11-12H2,1-2H3,(H2,21,25)(H,22,24). The molecule has 0 bridgehead atoms. The number of hydrogen-bond acceptors (Lipinski definition) is 5. The molecule has 0 atom stereocenters. The lowest BCUT2D eigenvalue weighted by molar-refractivity contribution is -0.117. The van der Waals surface area contributed by atoms with E-state index in [1.165, 1.54) is 16.2 Å². The Morgan fingerprint density at radius 3 is 2.67 bits per heavy atom. The molecule has 1 aromatic carbocycles. The molecule has 0 aliphatic heterocycles. The van der Waals surface area contributed by atoms with Gasteiger partial charge in [-0.05, 0) is 56.5 Å². The van der Waals surface area contributed by atoms with Gasteiger partial charge in [0.25, 0.3) is 5.91 Å². The molecular weight excluding hydrogens is 362 g/mol. The van der Waals surface area contributed by atoms with E-state index in [0.717, 1.165) is 36.1 Å². The topological polar surface area (TPSA) is 84.7 Å². The highest BCUT2D eigenvalue weighted by molar-refractivity contribution is 7.17. The van der Waals surface area contributed by atoms with Crippen molar-refractivity contribution in [3.05, 3.63) is 45.8 Å². The van der Waals surface area contributed by atoms with Crippen LogP contribution in [0, 0.1) is 0 Å². The Morgan fingerprint density at radius 2 is 2.00 bits per heavy atom. The first-order valence-corrected chi connectivity index (χ1v) is 9.94. The molecule has 0 saturated heterocycles. The third-order valence-electron chi connectivity index (χ3n) is 4.52. The van der Waals surface area contributed by atoms with Crippen LogP contribution in [0.5, 0.6) is 5.75 Å². The molecule has 1 aliphatic carbocycles. The maximum Gasteiger partial charge on any atom is 0.251 e. The summed E-state index contributed by atoms with van der Waals surface area (Å²) in [6.07, 6.45) is 2.85. The van der Waals surface area contributed by atoms with Crippen molar-refractivity contribution < 1.29 is 14.3 Å². The third-order valence-corrected chi connectivity index (χ3v) is 5.73. The number of nitrogens with one attached hydrogen (secondary N) is 1. The number of likely N-dealkylation sites (N-methyl/N-ethyl adjacent to an activating group) is 1. The molecule has 2 amide bonds. The molecular formula is C20H25N3O3S. The van der Waals surface area contributed by atoms with Crippen LogP contribution in [0.4, 0.5) is 5.00 Å². The van der Waals surface area contributed by atoms with Gasteiger partial charge in [0.1, 0.15) is 10.8 Å². The molecule has 0 spiro atoms. The first kappa shape index (κ1) is 19.4. The van der Waals surface area contributed by atoms with Gasteiger partial charge in [-0.15, -0.1) is 11.3 Å². The van der Waals surface area contributed by atoms with Crippen LogP contribution >= 0.6 is 11.3 Å². The van der Waals surface area contributed by atoms with E-state index in [1.54, 1.807) is 0 Å². The van der Waals surface area contributed by atoms with Gasteiger partial charge in [-0.2, -0.15) is 0 Å². The molecule has 144 valence electrons. The van der Waals surface area contributed by atoms with Crippen molar-refractivity contribution in [1.82, 2.24) is 4.90 Å². The summed E-state index contributed by atoms with van der Waals surface area (Å²) in [4.78, 5) is 27.3. The highest BCUT2D eigenvalue weighted by Gasteiger charge is 2.26. The lowest BCUT2D eigenvalue weighted by Crippen LogP contribution is -2.30. The molecule has 0 fully saturated rings. The summed E-state index contributed by atoms with van der Waals surface area (Å²) < 4.78 is 5.44. The molecule has 1 aliphatic rings. The van der Waals surface area contributed by atoms with Gasteiger partial charge in [0.2, 0.25) is 5.91 Å². The van der Waals surface area contributed by atoms with Gasteiger partial charge in [-0.3, -0.25) is 14.5 Å². The Kier molecular flexibility index (Phi) is 6.13. The average molecular weight is 388 g/mol. The Morgan fingerprint density at radius 1 is 1.26 bits per heavy atom. The number of carbonyl (C=O) groups is 2. The summed E-state index contributed by atoms with van der Waals surface area (Å²) in [7, 11) is 1.89. The molecule has 6 nitrogen and oxygen atoms in total. The summed E-state index contributed by atoms with van der Waals surface area (Å²) in [5.41, 5.74) is 8.15. The van der Waals surface area contributed by atoms with Gasteiger partial charge < -0.3 is 15.8 Å². The maximum absolute atomic E-state index is 12.4. The van der Waals surface area contributed by atoms with Crippen molar-refractivity contribution in [3.63, 3.8) is 0 Å². The van der Waals surface area contributed by atoms with Crippen molar-refractivity contribution in [2.75, 3.05) is 25.5 Å². The Labute approximate surface area is 163 Å². The van der Waals surface area contributed by atoms with Crippen LogP contribution in [0.3, 0.4) is 0 Å². The monoisotopic (exact) mass is 387 g/mol. The molecule has 27 heavy (non-hydrogen) atoms. The summed E-state index contributed by atoms with van der Waals surface area (Å²) in [5, 5.41) is 3.47. The van der Waals surface area contributed by atoms with E-state index < -0.39 is 5.91 Å². The Hall–Kier alpha value is -2.38. The zero-order valence-electron chi connectivity index (χ0n) is 15.7. The van der Waals surface area contributed by atoms with Crippen LogP contribution in [0.2, 0.25) is 0 Å². The number of nitrogens with two attached hydrogens (primary N) is 1. The summed E-state index contributed by atoms with van der Waals surface area (Å²) in [6, 6.07) is 7.85. The average Bonchev–Trinajstić information content (AvgIpc) is 3.16. The fraction of sp³-hybridized carbons (Fsp3) is 0.400. The largest absolute Gasteiger partial charge is 0.494 e. The van der Waals surface area contributed by atoms with Crippen LogP contribution in [0.15, 0.2) is 24.3 Å². The van der Waals surface area contributed by atoms with Gasteiger partial charge in [-0.1, -0.05) is 12.1 Å². The van der Waals surface area contributed by atoms with E-state index in [-0.39, 0.29) is 12.5 Å². The van der Waals surface area contributed by atoms with Crippen LogP contribution in [-0.2, 0) is 24.2 Å². The number of aryl methyl sites for hydroxylation is 1. The summed E-state index contributed by atoms with van der Waals surface area (Å²) in [6.45, 7) is 3.46. The van der Waals surface area contributed by atoms with Crippen molar-refractivity contribution >= 4 is 28.2 Å². The highest BCUT2D eigenvalue weighted by atomic mass is 32.1. The number of nitrogens with zero attached hydrogens (tertiary/aromatic N) is 1. The van der Waals surface area contributed by atoms with Gasteiger partial charge in [0, 0.05) is 11.4 Å². The van der Waals surface area contributed by atoms with Crippen LogP contribution in [0.1, 0.15) is 39.7 Å². The predicted molar refractivity (Wildman–Crippen MR) is 107 cm³/mol. The SMILES string of the molecule is CCOc1ccc(CN(C)CC(=O)Nc2sc3c(c2C(N)=O)CCC3)cc1. The number of thiophene rings is 1. The van der Waals surface area contributed by atoms with Crippen LogP contribution < -0.4 is 15.8 Å². The lowest BCUT2D eigenvalue weighted by atomic mass is 10.1.